The van der Waals surface area contributed by atoms with Crippen molar-refractivity contribution in [1.29, 1.82) is 0 Å². The van der Waals surface area contributed by atoms with E-state index in [-0.39, 0.29) is 0 Å². The van der Waals surface area contributed by atoms with Gasteiger partial charge < -0.3 is 5.73 Å². The lowest BCUT2D eigenvalue weighted by Crippen LogP contribution is -2.01. The number of nitrogens with two attached hydrogens (primary N) is 1. The number of azo groups is 1. The molecule has 24 heavy (non-hydrogen) atoms. The lowest BCUT2D eigenvalue weighted by atomic mass is 10.1. The highest BCUT2D eigenvalue weighted by Crippen LogP contribution is 2.30. The van der Waals surface area contributed by atoms with Gasteiger partial charge in [-0.1, -0.05) is 18.0 Å². The molecule has 0 bridgehead atoms. The number of anilines is 1. The molecule has 2 aromatic heterocycles. The van der Waals surface area contributed by atoms with Crippen LogP contribution in [0, 0.1) is 0 Å². The topological polar surface area (TPSA) is 80.9 Å². The Kier molecular flexibility index (Phi) is 3.90. The number of hydrogen-bond donors (Lipinski definition) is 1. The summed E-state index contributed by atoms with van der Waals surface area (Å²) < 4.78 is 1.72. The van der Waals surface area contributed by atoms with Gasteiger partial charge in [-0.3, -0.25) is 0 Å². The maximum atomic E-state index is 6.02. The molecule has 0 aliphatic heterocycles. The van der Waals surface area contributed by atoms with Gasteiger partial charge in [0.1, 0.15) is 0 Å². The molecule has 1 aliphatic rings. The van der Waals surface area contributed by atoms with Gasteiger partial charge in [-0.25, -0.2) is 9.50 Å². The van der Waals surface area contributed by atoms with Crippen molar-refractivity contribution in [3.8, 4) is 0 Å². The third kappa shape index (κ3) is 2.85. The Hall–Kier alpha value is -2.47. The SMILES string of the molecule is Nc1nn2cc3c(nc2c1N=Nc1ccc(Cl)cc1)CCCCC3. The van der Waals surface area contributed by atoms with E-state index in [1.807, 2.05) is 6.20 Å². The first kappa shape index (κ1) is 15.1. The molecule has 0 fully saturated rings. The number of aromatic nitrogens is 3. The Morgan fingerprint density at radius 3 is 2.67 bits per heavy atom. The van der Waals surface area contributed by atoms with E-state index in [1.165, 1.54) is 24.8 Å². The minimum absolute atomic E-state index is 0.334. The monoisotopic (exact) mass is 340 g/mol. The summed E-state index contributed by atoms with van der Waals surface area (Å²) in [5.41, 5.74) is 10.3. The summed E-state index contributed by atoms with van der Waals surface area (Å²) in [6, 6.07) is 7.14. The predicted octanol–water partition coefficient (Wildman–Crippen LogP) is 4.65. The van der Waals surface area contributed by atoms with Gasteiger partial charge in [0, 0.05) is 16.9 Å². The smallest absolute Gasteiger partial charge is 0.185 e. The molecule has 0 radical (unpaired) electrons. The van der Waals surface area contributed by atoms with Gasteiger partial charge in [0.15, 0.2) is 17.2 Å². The molecule has 0 amide bonds. The normalized spacial score (nSPS) is 14.9. The molecule has 122 valence electrons. The molecule has 1 aromatic carbocycles. The van der Waals surface area contributed by atoms with E-state index < -0.39 is 0 Å². The van der Waals surface area contributed by atoms with E-state index in [0.717, 1.165) is 18.5 Å². The van der Waals surface area contributed by atoms with Gasteiger partial charge in [0.25, 0.3) is 0 Å². The molecular weight excluding hydrogens is 324 g/mol. The van der Waals surface area contributed by atoms with Gasteiger partial charge in [-0.15, -0.1) is 10.2 Å². The molecule has 7 heteroatoms. The van der Waals surface area contributed by atoms with Crippen LogP contribution in [0.25, 0.3) is 5.65 Å². The number of fused-ring (bicyclic) bond motifs is 2. The van der Waals surface area contributed by atoms with E-state index in [1.54, 1.807) is 28.8 Å². The standard InChI is InChI=1S/C17H17ClN6/c18-12-6-8-13(9-7-12)21-22-15-16(19)23-24-10-11-4-2-1-3-5-14(11)20-17(15)24/h6-10H,1-5H2,(H2,19,23). The van der Waals surface area contributed by atoms with E-state index in [0.29, 0.717) is 27.9 Å². The number of nitrogen functional groups attached to an aromatic ring is 1. The summed E-state index contributed by atoms with van der Waals surface area (Å²) in [7, 11) is 0. The van der Waals surface area contributed by atoms with Crippen LogP contribution in [0.15, 0.2) is 40.7 Å². The number of benzene rings is 1. The van der Waals surface area contributed by atoms with Gasteiger partial charge in [-0.2, -0.15) is 5.11 Å². The fourth-order valence-corrected chi connectivity index (χ4v) is 3.10. The fourth-order valence-electron chi connectivity index (χ4n) is 2.97. The van der Waals surface area contributed by atoms with E-state index >= 15 is 0 Å². The summed E-state index contributed by atoms with van der Waals surface area (Å²) >= 11 is 5.88. The van der Waals surface area contributed by atoms with Crippen molar-refractivity contribution >= 4 is 34.4 Å². The molecule has 6 nitrogen and oxygen atoms in total. The van der Waals surface area contributed by atoms with Crippen LogP contribution >= 0.6 is 11.6 Å². The van der Waals surface area contributed by atoms with E-state index in [2.05, 4.69) is 15.3 Å². The first-order chi connectivity index (χ1) is 11.7. The highest BCUT2D eigenvalue weighted by molar-refractivity contribution is 6.30. The van der Waals surface area contributed by atoms with Crippen molar-refractivity contribution < 1.29 is 0 Å². The van der Waals surface area contributed by atoms with Gasteiger partial charge >= 0.3 is 0 Å². The first-order valence-electron chi connectivity index (χ1n) is 8.04. The maximum absolute atomic E-state index is 6.02. The summed E-state index contributed by atoms with van der Waals surface area (Å²) in [5, 5.41) is 13.5. The largest absolute Gasteiger partial charge is 0.380 e. The van der Waals surface area contributed by atoms with Gasteiger partial charge in [-0.05, 0) is 55.5 Å². The average molecular weight is 341 g/mol. The van der Waals surface area contributed by atoms with Gasteiger partial charge in [0.05, 0.1) is 5.69 Å². The van der Waals surface area contributed by atoms with Crippen molar-refractivity contribution in [2.24, 2.45) is 10.2 Å². The Morgan fingerprint density at radius 1 is 1.04 bits per heavy atom. The lowest BCUT2D eigenvalue weighted by Gasteiger charge is -2.05. The second-order valence-electron chi connectivity index (χ2n) is 5.95. The van der Waals surface area contributed by atoms with Crippen molar-refractivity contribution in [2.75, 3.05) is 5.73 Å². The maximum Gasteiger partial charge on any atom is 0.185 e. The van der Waals surface area contributed by atoms with Crippen molar-refractivity contribution in [2.45, 2.75) is 32.1 Å². The minimum atomic E-state index is 0.334. The molecule has 2 N–H and O–H groups in total. The third-order valence-corrected chi connectivity index (χ3v) is 4.48. The van der Waals surface area contributed by atoms with Crippen molar-refractivity contribution in [3.05, 3.63) is 46.7 Å². The van der Waals surface area contributed by atoms with Crippen LogP contribution < -0.4 is 5.73 Å². The number of aryl methyl sites for hydroxylation is 2. The number of nitrogens with zero attached hydrogens (tertiary/aromatic N) is 5. The molecule has 0 saturated heterocycles. The minimum Gasteiger partial charge on any atom is -0.380 e. The Bertz CT molecular complexity index is 913. The zero-order chi connectivity index (χ0) is 16.5. The van der Waals surface area contributed by atoms with Crippen LogP contribution in [-0.4, -0.2) is 14.6 Å². The van der Waals surface area contributed by atoms with Crippen LogP contribution in [0.2, 0.25) is 5.02 Å². The molecule has 0 spiro atoms. The van der Waals surface area contributed by atoms with Crippen molar-refractivity contribution in [3.63, 3.8) is 0 Å². The summed E-state index contributed by atoms with van der Waals surface area (Å²) in [6.07, 6.45) is 7.66. The molecule has 2 heterocycles. The number of rotatable bonds is 2. The molecule has 1 aliphatic carbocycles. The number of halogens is 1. The Balaban J connectivity index is 1.76. The summed E-state index contributed by atoms with van der Waals surface area (Å²) in [4.78, 5) is 4.77. The van der Waals surface area contributed by atoms with Crippen LogP contribution in [0.5, 0.6) is 0 Å². The van der Waals surface area contributed by atoms with Gasteiger partial charge in [0.2, 0.25) is 0 Å². The summed E-state index contributed by atoms with van der Waals surface area (Å²) in [6.45, 7) is 0. The predicted molar refractivity (Wildman–Crippen MR) is 94.3 cm³/mol. The second-order valence-corrected chi connectivity index (χ2v) is 6.39. The zero-order valence-electron chi connectivity index (χ0n) is 13.1. The fraction of sp³-hybridized carbons (Fsp3) is 0.294. The molecular formula is C17H17ClN6. The Labute approximate surface area is 144 Å². The van der Waals surface area contributed by atoms with Crippen LogP contribution in [0.3, 0.4) is 0 Å². The van der Waals surface area contributed by atoms with E-state index in [9.17, 15) is 0 Å². The van der Waals surface area contributed by atoms with Crippen molar-refractivity contribution in [1.82, 2.24) is 14.6 Å². The average Bonchev–Trinajstić information content (AvgIpc) is 2.73. The van der Waals surface area contributed by atoms with Crippen LogP contribution in [0.4, 0.5) is 17.2 Å². The van der Waals surface area contributed by atoms with E-state index in [4.69, 9.17) is 22.3 Å². The molecule has 4 rings (SSSR count). The zero-order valence-corrected chi connectivity index (χ0v) is 13.9. The highest BCUT2D eigenvalue weighted by atomic mass is 35.5. The molecule has 0 atom stereocenters. The molecule has 3 aromatic rings. The second kappa shape index (κ2) is 6.20. The molecule has 0 unspecified atom stereocenters. The lowest BCUT2D eigenvalue weighted by molar-refractivity contribution is 0.709. The Morgan fingerprint density at radius 2 is 1.83 bits per heavy atom. The highest BCUT2D eigenvalue weighted by Gasteiger charge is 2.16. The summed E-state index contributed by atoms with van der Waals surface area (Å²) in [5.74, 6) is 0.334. The number of hydrogen-bond acceptors (Lipinski definition) is 5. The van der Waals surface area contributed by atoms with Crippen LogP contribution in [0.1, 0.15) is 30.5 Å². The van der Waals surface area contributed by atoms with Crippen LogP contribution in [-0.2, 0) is 12.8 Å². The first-order valence-corrected chi connectivity index (χ1v) is 8.42. The third-order valence-electron chi connectivity index (χ3n) is 4.23. The quantitative estimate of drug-likeness (QED) is 0.544. The molecule has 0 saturated carbocycles.